The van der Waals surface area contributed by atoms with Crippen LogP contribution in [0.15, 0.2) is 22.7 Å². The van der Waals surface area contributed by atoms with Gasteiger partial charge in [0.1, 0.15) is 5.82 Å². The molecule has 20 heavy (non-hydrogen) atoms. The molecule has 1 aromatic rings. The summed E-state index contributed by atoms with van der Waals surface area (Å²) in [6.45, 7) is 5.34. The molecule has 1 N–H and O–H groups in total. The Morgan fingerprint density at radius 3 is 2.50 bits per heavy atom. The molecular weight excluding hydrogens is 317 g/mol. The number of hydrogen-bond donors (Lipinski definition) is 1. The van der Waals surface area contributed by atoms with Gasteiger partial charge in [-0.3, -0.25) is 0 Å². The summed E-state index contributed by atoms with van der Waals surface area (Å²) in [5.74, 6) is -0.160. The molecule has 0 aliphatic rings. The van der Waals surface area contributed by atoms with Crippen LogP contribution in [0.4, 0.5) is 4.39 Å². The van der Waals surface area contributed by atoms with E-state index in [1.807, 2.05) is 6.07 Å². The molecule has 114 valence electrons. The van der Waals surface area contributed by atoms with Gasteiger partial charge in [0.2, 0.25) is 0 Å². The molecule has 0 heterocycles. The summed E-state index contributed by atoms with van der Waals surface area (Å²) < 4.78 is 14.2. The first-order valence-corrected chi connectivity index (χ1v) is 8.63. The van der Waals surface area contributed by atoms with Crippen molar-refractivity contribution in [1.29, 1.82) is 0 Å². The smallest absolute Gasteiger partial charge is 0.124 e. The van der Waals surface area contributed by atoms with Gasteiger partial charge >= 0.3 is 0 Å². The second kappa shape index (κ2) is 10.3. The Bertz CT molecular complexity index is 361. The molecule has 0 bridgehead atoms. The fraction of sp³-hybridized carbons (Fsp3) is 0.647. The van der Waals surface area contributed by atoms with E-state index >= 15 is 0 Å². The molecule has 0 saturated carbocycles. The van der Waals surface area contributed by atoms with Crippen molar-refractivity contribution >= 4 is 15.9 Å². The molecule has 1 unspecified atom stereocenters. The van der Waals surface area contributed by atoms with E-state index in [0.29, 0.717) is 6.04 Å². The van der Waals surface area contributed by atoms with Gasteiger partial charge in [-0.15, -0.1) is 0 Å². The van der Waals surface area contributed by atoms with E-state index in [2.05, 4.69) is 35.1 Å². The number of nitrogens with one attached hydrogen (secondary N) is 1. The summed E-state index contributed by atoms with van der Waals surface area (Å²) in [4.78, 5) is 0. The zero-order chi connectivity index (χ0) is 14.8. The SMILES string of the molecule is CCCCCCCC(Cc1cc(F)cc(Br)c1)NCC. The van der Waals surface area contributed by atoms with Gasteiger partial charge < -0.3 is 5.32 Å². The zero-order valence-electron chi connectivity index (χ0n) is 12.7. The topological polar surface area (TPSA) is 12.0 Å². The third-order valence-electron chi connectivity index (χ3n) is 3.55. The molecule has 1 rings (SSSR count). The van der Waals surface area contributed by atoms with Gasteiger partial charge in [0.25, 0.3) is 0 Å². The summed E-state index contributed by atoms with van der Waals surface area (Å²) in [6.07, 6.45) is 8.60. The normalized spacial score (nSPS) is 12.6. The molecule has 0 saturated heterocycles. The molecule has 0 aliphatic carbocycles. The molecule has 0 amide bonds. The van der Waals surface area contributed by atoms with Gasteiger partial charge in [-0.2, -0.15) is 0 Å². The van der Waals surface area contributed by atoms with Crippen LogP contribution in [0, 0.1) is 5.82 Å². The highest BCUT2D eigenvalue weighted by molar-refractivity contribution is 9.10. The predicted octanol–water partition coefficient (Wildman–Crippen LogP) is 5.47. The summed E-state index contributed by atoms with van der Waals surface area (Å²) in [5.41, 5.74) is 1.07. The third-order valence-corrected chi connectivity index (χ3v) is 4.01. The number of benzene rings is 1. The highest BCUT2D eigenvalue weighted by Crippen LogP contribution is 2.18. The van der Waals surface area contributed by atoms with Crippen LogP contribution in [0.2, 0.25) is 0 Å². The quantitative estimate of drug-likeness (QED) is 0.555. The van der Waals surface area contributed by atoms with Crippen LogP contribution in [-0.4, -0.2) is 12.6 Å². The minimum atomic E-state index is -0.160. The number of hydrogen-bond acceptors (Lipinski definition) is 1. The maximum atomic E-state index is 13.4. The van der Waals surface area contributed by atoms with Crippen molar-refractivity contribution in [3.63, 3.8) is 0 Å². The first-order chi connectivity index (χ1) is 9.65. The first-order valence-electron chi connectivity index (χ1n) is 7.84. The predicted molar refractivity (Wildman–Crippen MR) is 88.6 cm³/mol. The second-order valence-electron chi connectivity index (χ2n) is 5.44. The van der Waals surface area contributed by atoms with Crippen LogP contribution in [0.25, 0.3) is 0 Å². The lowest BCUT2D eigenvalue weighted by Gasteiger charge is -2.18. The number of likely N-dealkylation sites (N-methyl/N-ethyl adjacent to an activating group) is 1. The van der Waals surface area contributed by atoms with E-state index in [4.69, 9.17) is 0 Å². The minimum Gasteiger partial charge on any atom is -0.314 e. The van der Waals surface area contributed by atoms with Gasteiger partial charge in [0.15, 0.2) is 0 Å². The fourth-order valence-corrected chi connectivity index (χ4v) is 3.09. The summed E-state index contributed by atoms with van der Waals surface area (Å²) in [7, 11) is 0. The minimum absolute atomic E-state index is 0.160. The lowest BCUT2D eigenvalue weighted by atomic mass is 9.99. The molecule has 0 aromatic heterocycles. The molecule has 0 radical (unpaired) electrons. The van der Waals surface area contributed by atoms with Crippen LogP contribution >= 0.6 is 15.9 Å². The van der Waals surface area contributed by atoms with Crippen molar-refractivity contribution in [3.05, 3.63) is 34.1 Å². The van der Waals surface area contributed by atoms with Gasteiger partial charge in [-0.05, 0) is 43.1 Å². The lowest BCUT2D eigenvalue weighted by Crippen LogP contribution is -2.31. The monoisotopic (exact) mass is 343 g/mol. The summed E-state index contributed by atoms with van der Waals surface area (Å²) >= 11 is 3.36. The standard InChI is InChI=1S/C17H27BrFN/c1-3-5-6-7-8-9-17(20-4-2)12-14-10-15(18)13-16(19)11-14/h10-11,13,17,20H,3-9,12H2,1-2H3. The average Bonchev–Trinajstić information content (AvgIpc) is 2.37. The second-order valence-corrected chi connectivity index (χ2v) is 6.35. The number of halogens is 2. The third kappa shape index (κ3) is 7.39. The van der Waals surface area contributed by atoms with Crippen molar-refractivity contribution in [3.8, 4) is 0 Å². The Hall–Kier alpha value is -0.410. The van der Waals surface area contributed by atoms with Crippen molar-refractivity contribution in [2.24, 2.45) is 0 Å². The Morgan fingerprint density at radius 1 is 1.10 bits per heavy atom. The van der Waals surface area contributed by atoms with Gasteiger partial charge in [0, 0.05) is 10.5 Å². The molecular formula is C17H27BrFN. The van der Waals surface area contributed by atoms with E-state index < -0.39 is 0 Å². The van der Waals surface area contributed by atoms with E-state index in [-0.39, 0.29) is 5.82 Å². The zero-order valence-corrected chi connectivity index (χ0v) is 14.3. The van der Waals surface area contributed by atoms with Crippen LogP contribution in [0.3, 0.4) is 0 Å². The van der Waals surface area contributed by atoms with Gasteiger partial charge in [-0.25, -0.2) is 4.39 Å². The van der Waals surface area contributed by atoms with Gasteiger partial charge in [0.05, 0.1) is 0 Å². The van der Waals surface area contributed by atoms with Crippen molar-refractivity contribution in [1.82, 2.24) is 5.32 Å². The van der Waals surface area contributed by atoms with Gasteiger partial charge in [-0.1, -0.05) is 61.9 Å². The van der Waals surface area contributed by atoms with Crippen molar-refractivity contribution in [2.75, 3.05) is 6.54 Å². The Kier molecular flexibility index (Phi) is 9.12. The first kappa shape index (κ1) is 17.6. The van der Waals surface area contributed by atoms with Crippen LogP contribution in [0.5, 0.6) is 0 Å². The van der Waals surface area contributed by atoms with Crippen LogP contribution in [-0.2, 0) is 6.42 Å². The van der Waals surface area contributed by atoms with E-state index in [1.54, 1.807) is 6.07 Å². The molecule has 1 nitrogen and oxygen atoms in total. The maximum absolute atomic E-state index is 13.4. The highest BCUT2D eigenvalue weighted by atomic mass is 79.9. The molecule has 0 aliphatic heterocycles. The van der Waals surface area contributed by atoms with Crippen LogP contribution in [0.1, 0.15) is 57.9 Å². The van der Waals surface area contributed by atoms with Crippen molar-refractivity contribution < 1.29 is 4.39 Å². The van der Waals surface area contributed by atoms with E-state index in [0.717, 1.165) is 23.0 Å². The average molecular weight is 344 g/mol. The highest BCUT2D eigenvalue weighted by Gasteiger charge is 2.09. The van der Waals surface area contributed by atoms with E-state index in [9.17, 15) is 4.39 Å². The molecule has 1 atom stereocenters. The lowest BCUT2D eigenvalue weighted by molar-refractivity contribution is 0.460. The number of rotatable bonds is 10. The molecule has 0 spiro atoms. The number of unbranched alkanes of at least 4 members (excludes halogenated alkanes) is 4. The molecule has 1 aromatic carbocycles. The Labute approximate surface area is 131 Å². The summed E-state index contributed by atoms with van der Waals surface area (Å²) in [6, 6.07) is 5.63. The van der Waals surface area contributed by atoms with Crippen LogP contribution < -0.4 is 5.32 Å². The Morgan fingerprint density at radius 2 is 1.85 bits per heavy atom. The fourth-order valence-electron chi connectivity index (χ4n) is 2.57. The molecule has 0 fully saturated rings. The van der Waals surface area contributed by atoms with E-state index in [1.165, 1.54) is 44.6 Å². The largest absolute Gasteiger partial charge is 0.314 e. The molecule has 3 heteroatoms. The summed E-state index contributed by atoms with van der Waals surface area (Å²) in [5, 5.41) is 3.52. The van der Waals surface area contributed by atoms with Crippen molar-refractivity contribution in [2.45, 2.75) is 64.8 Å². The Balaban J connectivity index is 2.44. The maximum Gasteiger partial charge on any atom is 0.124 e.